The molecule has 2 nitrogen and oxygen atoms in total. The van der Waals surface area contributed by atoms with Crippen LogP contribution in [0.5, 0.6) is 0 Å². The summed E-state index contributed by atoms with van der Waals surface area (Å²) in [5.41, 5.74) is 4.19. The Kier molecular flexibility index (Phi) is 4.23. The summed E-state index contributed by atoms with van der Waals surface area (Å²) in [6.45, 7) is 2.00. The molecular formula is C16H17ClN2. The Morgan fingerprint density at radius 1 is 0.947 bits per heavy atom. The van der Waals surface area contributed by atoms with Crippen LogP contribution in [0, 0.1) is 0 Å². The molecule has 0 amide bonds. The zero-order valence-electron chi connectivity index (χ0n) is 11.4. The highest BCUT2D eigenvalue weighted by Gasteiger charge is 1.99. The van der Waals surface area contributed by atoms with Crippen LogP contribution >= 0.6 is 11.6 Å². The first-order valence-electron chi connectivity index (χ1n) is 6.15. The maximum atomic E-state index is 5.88. The minimum absolute atomic E-state index is 0.742. The molecule has 0 aromatic heterocycles. The van der Waals surface area contributed by atoms with E-state index in [1.165, 1.54) is 5.69 Å². The van der Waals surface area contributed by atoms with Gasteiger partial charge in [0, 0.05) is 30.5 Å². The highest BCUT2D eigenvalue weighted by Crippen LogP contribution is 2.19. The SMILES string of the molecule is CC(=Nc1ccc(N(C)C)cc1)c1ccc(Cl)cc1. The molecule has 0 spiro atoms. The molecule has 0 saturated carbocycles. The summed E-state index contributed by atoms with van der Waals surface area (Å²) in [7, 11) is 4.05. The van der Waals surface area contributed by atoms with E-state index in [0.29, 0.717) is 0 Å². The zero-order chi connectivity index (χ0) is 13.8. The molecule has 98 valence electrons. The highest BCUT2D eigenvalue weighted by molar-refractivity contribution is 6.30. The van der Waals surface area contributed by atoms with Gasteiger partial charge >= 0.3 is 0 Å². The first kappa shape index (κ1) is 13.6. The molecule has 0 radical (unpaired) electrons. The molecule has 0 aliphatic heterocycles. The summed E-state index contributed by atoms with van der Waals surface area (Å²) < 4.78 is 0. The quantitative estimate of drug-likeness (QED) is 0.749. The van der Waals surface area contributed by atoms with E-state index in [1.54, 1.807) is 0 Å². The van der Waals surface area contributed by atoms with Gasteiger partial charge in [-0.15, -0.1) is 0 Å². The molecule has 0 bridgehead atoms. The largest absolute Gasteiger partial charge is 0.378 e. The van der Waals surface area contributed by atoms with Gasteiger partial charge in [0.15, 0.2) is 0 Å². The molecule has 2 rings (SSSR count). The summed E-state index contributed by atoms with van der Waals surface area (Å²) in [6, 6.07) is 15.9. The van der Waals surface area contributed by atoms with Gasteiger partial charge < -0.3 is 4.90 Å². The van der Waals surface area contributed by atoms with Gasteiger partial charge in [0.05, 0.1) is 5.69 Å². The fraction of sp³-hybridized carbons (Fsp3) is 0.188. The highest BCUT2D eigenvalue weighted by atomic mass is 35.5. The Bertz CT molecular complexity index is 569. The van der Waals surface area contributed by atoms with E-state index in [4.69, 9.17) is 11.6 Å². The lowest BCUT2D eigenvalue weighted by Gasteiger charge is -2.11. The second kappa shape index (κ2) is 5.89. The van der Waals surface area contributed by atoms with Crippen molar-refractivity contribution in [2.24, 2.45) is 4.99 Å². The molecule has 2 aromatic carbocycles. The van der Waals surface area contributed by atoms with Crippen LogP contribution in [0.3, 0.4) is 0 Å². The van der Waals surface area contributed by atoms with Gasteiger partial charge in [-0.2, -0.15) is 0 Å². The molecule has 0 N–H and O–H groups in total. The predicted molar refractivity (Wildman–Crippen MR) is 84.1 cm³/mol. The second-order valence-electron chi connectivity index (χ2n) is 4.61. The number of hydrogen-bond donors (Lipinski definition) is 0. The molecule has 0 aliphatic carbocycles. The molecule has 0 saturated heterocycles. The molecule has 0 aliphatic rings. The molecule has 0 heterocycles. The van der Waals surface area contributed by atoms with Crippen molar-refractivity contribution in [3.05, 3.63) is 59.1 Å². The monoisotopic (exact) mass is 272 g/mol. The van der Waals surface area contributed by atoms with Gasteiger partial charge in [-0.3, -0.25) is 4.99 Å². The Labute approximate surface area is 119 Å². The number of aliphatic imine (C=N–C) groups is 1. The van der Waals surface area contributed by atoms with E-state index >= 15 is 0 Å². The van der Waals surface area contributed by atoms with Crippen LogP contribution < -0.4 is 4.90 Å². The van der Waals surface area contributed by atoms with Gasteiger partial charge in [0.2, 0.25) is 0 Å². The van der Waals surface area contributed by atoms with Gasteiger partial charge in [-0.1, -0.05) is 23.7 Å². The minimum Gasteiger partial charge on any atom is -0.378 e. The molecule has 19 heavy (non-hydrogen) atoms. The third-order valence-electron chi connectivity index (χ3n) is 2.92. The van der Waals surface area contributed by atoms with Gasteiger partial charge in [-0.05, 0) is 48.9 Å². The topological polar surface area (TPSA) is 15.6 Å². The van der Waals surface area contributed by atoms with Gasteiger partial charge in [0.25, 0.3) is 0 Å². The normalized spacial score (nSPS) is 11.5. The van der Waals surface area contributed by atoms with Gasteiger partial charge in [0.1, 0.15) is 0 Å². The van der Waals surface area contributed by atoms with Crippen molar-refractivity contribution in [1.29, 1.82) is 0 Å². The zero-order valence-corrected chi connectivity index (χ0v) is 12.1. The van der Waals surface area contributed by atoms with E-state index < -0.39 is 0 Å². The minimum atomic E-state index is 0.742. The summed E-state index contributed by atoms with van der Waals surface area (Å²) in [5.74, 6) is 0. The van der Waals surface area contributed by atoms with Crippen molar-refractivity contribution in [3.8, 4) is 0 Å². The Morgan fingerprint density at radius 3 is 2.05 bits per heavy atom. The van der Waals surface area contributed by atoms with Crippen molar-refractivity contribution < 1.29 is 0 Å². The van der Waals surface area contributed by atoms with Crippen molar-refractivity contribution in [2.75, 3.05) is 19.0 Å². The average Bonchev–Trinajstić information content (AvgIpc) is 2.40. The summed E-state index contributed by atoms with van der Waals surface area (Å²) in [5, 5.41) is 0.742. The summed E-state index contributed by atoms with van der Waals surface area (Å²) in [6.07, 6.45) is 0. The molecular weight excluding hydrogens is 256 g/mol. The Hall–Kier alpha value is -1.80. The number of hydrogen-bond acceptors (Lipinski definition) is 2. The Morgan fingerprint density at radius 2 is 1.53 bits per heavy atom. The molecule has 0 atom stereocenters. The molecule has 3 heteroatoms. The standard InChI is InChI=1S/C16H17ClN2/c1-12(13-4-6-14(17)7-5-13)18-15-8-10-16(11-9-15)19(2)3/h4-11H,1-3H3. The molecule has 2 aromatic rings. The summed E-state index contributed by atoms with van der Waals surface area (Å²) in [4.78, 5) is 6.68. The number of anilines is 1. The smallest absolute Gasteiger partial charge is 0.0634 e. The lowest BCUT2D eigenvalue weighted by Crippen LogP contribution is -2.07. The van der Waals surface area contributed by atoms with Crippen LogP contribution in [-0.2, 0) is 0 Å². The molecule has 0 fully saturated rings. The van der Waals surface area contributed by atoms with Crippen LogP contribution in [0.1, 0.15) is 12.5 Å². The Balaban J connectivity index is 2.22. The van der Waals surface area contributed by atoms with Crippen LogP contribution in [0.15, 0.2) is 53.5 Å². The van der Waals surface area contributed by atoms with E-state index in [9.17, 15) is 0 Å². The van der Waals surface area contributed by atoms with Crippen LogP contribution in [-0.4, -0.2) is 19.8 Å². The van der Waals surface area contributed by atoms with E-state index in [2.05, 4.69) is 22.0 Å². The van der Waals surface area contributed by atoms with E-state index in [0.717, 1.165) is 22.0 Å². The van der Waals surface area contributed by atoms with E-state index in [-0.39, 0.29) is 0 Å². The predicted octanol–water partition coefficient (Wildman–Crippen LogP) is 4.55. The van der Waals surface area contributed by atoms with E-state index in [1.807, 2.05) is 57.4 Å². The molecule has 0 unspecified atom stereocenters. The fourth-order valence-electron chi connectivity index (χ4n) is 1.77. The first-order valence-corrected chi connectivity index (χ1v) is 6.52. The summed E-state index contributed by atoms with van der Waals surface area (Å²) >= 11 is 5.88. The third-order valence-corrected chi connectivity index (χ3v) is 3.18. The average molecular weight is 273 g/mol. The van der Waals surface area contributed by atoms with Crippen molar-refractivity contribution in [1.82, 2.24) is 0 Å². The number of rotatable bonds is 3. The van der Waals surface area contributed by atoms with Crippen molar-refractivity contribution in [2.45, 2.75) is 6.92 Å². The van der Waals surface area contributed by atoms with Crippen molar-refractivity contribution in [3.63, 3.8) is 0 Å². The van der Waals surface area contributed by atoms with Crippen LogP contribution in [0.2, 0.25) is 5.02 Å². The maximum Gasteiger partial charge on any atom is 0.0634 e. The number of nitrogens with zero attached hydrogens (tertiary/aromatic N) is 2. The number of halogens is 1. The second-order valence-corrected chi connectivity index (χ2v) is 5.05. The van der Waals surface area contributed by atoms with Gasteiger partial charge in [-0.25, -0.2) is 0 Å². The van der Waals surface area contributed by atoms with Crippen LogP contribution in [0.25, 0.3) is 0 Å². The fourth-order valence-corrected chi connectivity index (χ4v) is 1.90. The van der Waals surface area contributed by atoms with Crippen molar-refractivity contribution >= 4 is 28.7 Å². The first-order chi connectivity index (χ1) is 9.06. The maximum absolute atomic E-state index is 5.88. The third kappa shape index (κ3) is 3.58. The van der Waals surface area contributed by atoms with Crippen LogP contribution in [0.4, 0.5) is 11.4 Å². The number of benzene rings is 2. The lowest BCUT2D eigenvalue weighted by molar-refractivity contribution is 1.13. The lowest BCUT2D eigenvalue weighted by atomic mass is 10.1.